The Bertz CT molecular complexity index is 468. The number of hydrogen-bond donors (Lipinski definition) is 0. The number of carbonyl (C=O) groups is 1. The standard InChI is InChI=1S/C13H16N2OS/c1-9(2)10-6-4-5-7-11(10)15-12(16)8-17-13(15)14-3/h4-7,9H,8H2,1-3H3. The Balaban J connectivity index is 2.49. The Morgan fingerprint density at radius 3 is 2.71 bits per heavy atom. The molecule has 4 heteroatoms. The number of nitrogens with zero attached hydrogens (tertiary/aromatic N) is 2. The molecule has 1 aliphatic heterocycles. The number of amides is 1. The SMILES string of the molecule is CN=C1SCC(=O)N1c1ccccc1C(C)C. The van der Waals surface area contributed by atoms with Crippen molar-refractivity contribution in [3.8, 4) is 0 Å². The van der Waals surface area contributed by atoms with E-state index in [4.69, 9.17) is 0 Å². The Kier molecular flexibility index (Phi) is 3.52. The number of aliphatic imine (C=N–C) groups is 1. The second-order valence-corrected chi connectivity index (χ2v) is 5.18. The first-order valence-corrected chi connectivity index (χ1v) is 6.65. The maximum absolute atomic E-state index is 11.9. The quantitative estimate of drug-likeness (QED) is 0.806. The number of benzene rings is 1. The first-order chi connectivity index (χ1) is 8.15. The van der Waals surface area contributed by atoms with Gasteiger partial charge in [-0.05, 0) is 17.5 Å². The lowest BCUT2D eigenvalue weighted by Gasteiger charge is -2.21. The van der Waals surface area contributed by atoms with E-state index in [1.54, 1.807) is 11.9 Å². The summed E-state index contributed by atoms with van der Waals surface area (Å²) in [6, 6.07) is 8.04. The molecule has 2 rings (SSSR count). The summed E-state index contributed by atoms with van der Waals surface area (Å²) in [5, 5.41) is 0.795. The van der Waals surface area contributed by atoms with Gasteiger partial charge in [-0.15, -0.1) is 0 Å². The number of thioether (sulfide) groups is 1. The third-order valence-electron chi connectivity index (χ3n) is 2.76. The Morgan fingerprint density at radius 1 is 1.35 bits per heavy atom. The van der Waals surface area contributed by atoms with Gasteiger partial charge in [0.1, 0.15) is 0 Å². The molecule has 0 aliphatic carbocycles. The summed E-state index contributed by atoms with van der Waals surface area (Å²) in [6.45, 7) is 4.27. The number of amidine groups is 1. The topological polar surface area (TPSA) is 32.7 Å². The van der Waals surface area contributed by atoms with E-state index in [-0.39, 0.29) is 5.91 Å². The molecule has 0 spiro atoms. The van der Waals surface area contributed by atoms with Crippen LogP contribution in [0.25, 0.3) is 0 Å². The van der Waals surface area contributed by atoms with Crippen molar-refractivity contribution in [2.75, 3.05) is 17.7 Å². The van der Waals surface area contributed by atoms with Gasteiger partial charge in [-0.2, -0.15) is 0 Å². The first kappa shape index (κ1) is 12.2. The molecule has 1 saturated heterocycles. The minimum atomic E-state index is 0.115. The predicted molar refractivity (Wildman–Crippen MR) is 73.8 cm³/mol. The van der Waals surface area contributed by atoms with Crippen LogP contribution in [0.3, 0.4) is 0 Å². The van der Waals surface area contributed by atoms with E-state index in [1.807, 2.05) is 18.2 Å². The second-order valence-electron chi connectivity index (χ2n) is 4.24. The van der Waals surface area contributed by atoms with E-state index in [0.29, 0.717) is 11.7 Å². The minimum Gasteiger partial charge on any atom is -0.273 e. The van der Waals surface area contributed by atoms with Crippen LogP contribution in [0.2, 0.25) is 0 Å². The molecule has 0 aromatic heterocycles. The Morgan fingerprint density at radius 2 is 2.06 bits per heavy atom. The molecule has 1 heterocycles. The van der Waals surface area contributed by atoms with Gasteiger partial charge in [0.05, 0.1) is 11.4 Å². The smallest absolute Gasteiger partial charge is 0.243 e. The van der Waals surface area contributed by atoms with Crippen molar-refractivity contribution in [2.45, 2.75) is 19.8 Å². The summed E-state index contributed by atoms with van der Waals surface area (Å²) in [4.78, 5) is 17.9. The highest BCUT2D eigenvalue weighted by molar-refractivity contribution is 8.15. The zero-order valence-electron chi connectivity index (χ0n) is 10.3. The molecule has 1 aromatic rings. The molecular weight excluding hydrogens is 232 g/mol. The normalized spacial score (nSPS) is 18.5. The third kappa shape index (κ3) is 2.22. The number of carbonyl (C=O) groups excluding carboxylic acids is 1. The maximum atomic E-state index is 11.9. The van der Waals surface area contributed by atoms with Gasteiger partial charge in [-0.1, -0.05) is 43.8 Å². The van der Waals surface area contributed by atoms with Crippen LogP contribution >= 0.6 is 11.8 Å². The van der Waals surface area contributed by atoms with Crippen molar-refractivity contribution in [2.24, 2.45) is 4.99 Å². The van der Waals surface area contributed by atoms with E-state index in [0.717, 1.165) is 10.9 Å². The highest BCUT2D eigenvalue weighted by Gasteiger charge is 2.30. The third-order valence-corrected chi connectivity index (χ3v) is 3.77. The molecule has 3 nitrogen and oxygen atoms in total. The van der Waals surface area contributed by atoms with Crippen LogP contribution in [-0.4, -0.2) is 23.9 Å². The summed E-state index contributed by atoms with van der Waals surface area (Å²) < 4.78 is 0. The average Bonchev–Trinajstić information content (AvgIpc) is 2.70. The van der Waals surface area contributed by atoms with Crippen molar-refractivity contribution in [3.05, 3.63) is 29.8 Å². The van der Waals surface area contributed by atoms with Crippen LogP contribution in [-0.2, 0) is 4.79 Å². The fourth-order valence-corrected chi connectivity index (χ4v) is 2.78. The van der Waals surface area contributed by atoms with Gasteiger partial charge in [-0.3, -0.25) is 14.7 Å². The van der Waals surface area contributed by atoms with Gasteiger partial charge in [0.15, 0.2) is 5.17 Å². The summed E-state index contributed by atoms with van der Waals surface area (Å²) in [5.74, 6) is 0.991. The minimum absolute atomic E-state index is 0.115. The molecule has 0 radical (unpaired) electrons. The number of anilines is 1. The van der Waals surface area contributed by atoms with Gasteiger partial charge in [-0.25, -0.2) is 0 Å². The lowest BCUT2D eigenvalue weighted by Crippen LogP contribution is -2.30. The maximum Gasteiger partial charge on any atom is 0.243 e. The van der Waals surface area contributed by atoms with Crippen LogP contribution < -0.4 is 4.90 Å². The summed E-state index contributed by atoms with van der Waals surface area (Å²) in [5.41, 5.74) is 2.16. The zero-order valence-corrected chi connectivity index (χ0v) is 11.1. The van der Waals surface area contributed by atoms with Gasteiger partial charge in [0.2, 0.25) is 5.91 Å². The summed E-state index contributed by atoms with van der Waals surface area (Å²) >= 11 is 1.50. The van der Waals surface area contributed by atoms with Gasteiger partial charge < -0.3 is 0 Å². The fourth-order valence-electron chi connectivity index (χ4n) is 1.94. The van der Waals surface area contributed by atoms with Crippen LogP contribution in [0.1, 0.15) is 25.3 Å². The van der Waals surface area contributed by atoms with E-state index < -0.39 is 0 Å². The molecule has 0 unspecified atom stereocenters. The fraction of sp³-hybridized carbons (Fsp3) is 0.385. The van der Waals surface area contributed by atoms with Crippen LogP contribution in [0, 0.1) is 0 Å². The molecule has 0 atom stereocenters. The van der Waals surface area contributed by atoms with E-state index in [2.05, 4.69) is 24.9 Å². The number of para-hydroxylation sites is 1. The van der Waals surface area contributed by atoms with E-state index in [1.165, 1.54) is 17.3 Å². The van der Waals surface area contributed by atoms with Crippen molar-refractivity contribution in [3.63, 3.8) is 0 Å². The monoisotopic (exact) mass is 248 g/mol. The first-order valence-electron chi connectivity index (χ1n) is 5.66. The van der Waals surface area contributed by atoms with Crippen molar-refractivity contribution >= 4 is 28.5 Å². The Hall–Kier alpha value is -1.29. The van der Waals surface area contributed by atoms with Crippen molar-refractivity contribution in [1.82, 2.24) is 0 Å². The number of hydrogen-bond acceptors (Lipinski definition) is 3. The zero-order chi connectivity index (χ0) is 12.4. The Labute approximate surface area is 106 Å². The lowest BCUT2D eigenvalue weighted by atomic mass is 10.0. The highest BCUT2D eigenvalue weighted by Crippen LogP contribution is 2.32. The summed E-state index contributed by atoms with van der Waals surface area (Å²) in [6.07, 6.45) is 0. The van der Waals surface area contributed by atoms with Gasteiger partial charge in [0.25, 0.3) is 0 Å². The summed E-state index contributed by atoms with van der Waals surface area (Å²) in [7, 11) is 1.73. The molecule has 1 aromatic carbocycles. The van der Waals surface area contributed by atoms with E-state index in [9.17, 15) is 4.79 Å². The average molecular weight is 248 g/mol. The molecular formula is C13H16N2OS. The largest absolute Gasteiger partial charge is 0.273 e. The molecule has 90 valence electrons. The molecule has 0 N–H and O–H groups in total. The molecule has 17 heavy (non-hydrogen) atoms. The highest BCUT2D eigenvalue weighted by atomic mass is 32.2. The predicted octanol–water partition coefficient (Wildman–Crippen LogP) is 2.88. The van der Waals surface area contributed by atoms with Gasteiger partial charge >= 0.3 is 0 Å². The lowest BCUT2D eigenvalue weighted by molar-refractivity contribution is -0.115. The molecule has 0 saturated carbocycles. The van der Waals surface area contributed by atoms with Gasteiger partial charge in [0, 0.05) is 7.05 Å². The molecule has 0 bridgehead atoms. The molecule has 1 fully saturated rings. The van der Waals surface area contributed by atoms with Crippen molar-refractivity contribution in [1.29, 1.82) is 0 Å². The second kappa shape index (κ2) is 4.92. The van der Waals surface area contributed by atoms with Crippen LogP contribution in [0.4, 0.5) is 5.69 Å². The number of rotatable bonds is 2. The van der Waals surface area contributed by atoms with Crippen molar-refractivity contribution < 1.29 is 4.79 Å². The molecule has 1 amide bonds. The van der Waals surface area contributed by atoms with E-state index >= 15 is 0 Å². The molecule has 1 aliphatic rings. The van der Waals surface area contributed by atoms with Crippen LogP contribution in [0.5, 0.6) is 0 Å². The van der Waals surface area contributed by atoms with Crippen LogP contribution in [0.15, 0.2) is 29.3 Å².